The van der Waals surface area contributed by atoms with Crippen molar-refractivity contribution in [3.63, 3.8) is 0 Å². The van der Waals surface area contributed by atoms with E-state index in [9.17, 15) is 13.2 Å². The molecule has 2 aromatic carbocycles. The van der Waals surface area contributed by atoms with Crippen molar-refractivity contribution in [2.45, 2.75) is 44.6 Å². The number of nitrogens with zero attached hydrogens (tertiary/aromatic N) is 1. The number of sulfonamides is 1. The summed E-state index contributed by atoms with van der Waals surface area (Å²) in [5.41, 5.74) is 3.69. The highest BCUT2D eigenvalue weighted by Gasteiger charge is 2.27. The Balaban J connectivity index is 1.64. The van der Waals surface area contributed by atoms with Crippen molar-refractivity contribution >= 4 is 27.3 Å². The first-order valence-electron chi connectivity index (χ1n) is 9.52. The normalized spacial score (nSPS) is 16.0. The molecular formula is C21H27N3O3S. The molecule has 0 aliphatic carbocycles. The number of hydrogen-bond acceptors (Lipinski definition) is 4. The molecule has 2 N–H and O–H groups in total. The van der Waals surface area contributed by atoms with Gasteiger partial charge in [-0.05, 0) is 75.1 Å². The molecule has 1 aliphatic rings. The summed E-state index contributed by atoms with van der Waals surface area (Å²) in [6, 6.07) is 12.0. The second-order valence-electron chi connectivity index (χ2n) is 7.31. The molecule has 0 saturated carbocycles. The Hall–Kier alpha value is -2.38. The quantitative estimate of drug-likeness (QED) is 0.776. The molecule has 150 valence electrons. The number of benzene rings is 2. The molecule has 1 atom stereocenters. The summed E-state index contributed by atoms with van der Waals surface area (Å²) in [5, 5.41) is 6.06. The highest BCUT2D eigenvalue weighted by molar-refractivity contribution is 7.89. The summed E-state index contributed by atoms with van der Waals surface area (Å²) in [4.78, 5) is 12.8. The predicted octanol–water partition coefficient (Wildman–Crippen LogP) is 3.53. The molecule has 1 saturated heterocycles. The molecule has 0 unspecified atom stereocenters. The molecule has 28 heavy (non-hydrogen) atoms. The van der Waals surface area contributed by atoms with E-state index in [0.29, 0.717) is 18.8 Å². The molecule has 3 rings (SSSR count). The topological polar surface area (TPSA) is 78.5 Å². The molecule has 1 amide bonds. The van der Waals surface area contributed by atoms with Crippen LogP contribution in [-0.2, 0) is 14.8 Å². The van der Waals surface area contributed by atoms with E-state index in [-0.39, 0.29) is 10.8 Å². The number of rotatable bonds is 6. The minimum absolute atomic E-state index is 0.184. The van der Waals surface area contributed by atoms with Gasteiger partial charge in [-0.2, -0.15) is 4.31 Å². The predicted molar refractivity (Wildman–Crippen MR) is 112 cm³/mol. The Morgan fingerprint density at radius 2 is 1.68 bits per heavy atom. The molecule has 1 heterocycles. The van der Waals surface area contributed by atoms with Crippen LogP contribution in [0.15, 0.2) is 47.4 Å². The van der Waals surface area contributed by atoms with Gasteiger partial charge in [-0.25, -0.2) is 8.42 Å². The highest BCUT2D eigenvalue weighted by Crippen LogP contribution is 2.22. The lowest BCUT2D eigenvalue weighted by Crippen LogP contribution is -2.32. The van der Waals surface area contributed by atoms with Gasteiger partial charge < -0.3 is 10.6 Å². The van der Waals surface area contributed by atoms with Crippen LogP contribution in [0.4, 0.5) is 11.4 Å². The van der Waals surface area contributed by atoms with Crippen LogP contribution in [0.1, 0.15) is 30.9 Å². The number of hydrogen-bond donors (Lipinski definition) is 2. The molecule has 1 fully saturated rings. The maximum absolute atomic E-state index is 12.6. The third-order valence-electron chi connectivity index (χ3n) is 4.98. The summed E-state index contributed by atoms with van der Waals surface area (Å²) in [6.07, 6.45) is 1.80. The first-order chi connectivity index (χ1) is 13.3. The average molecular weight is 402 g/mol. The van der Waals surface area contributed by atoms with Crippen LogP contribution in [0, 0.1) is 13.8 Å². The maximum atomic E-state index is 12.6. The fourth-order valence-electron chi connectivity index (χ4n) is 3.23. The van der Waals surface area contributed by atoms with Crippen LogP contribution in [0.2, 0.25) is 0 Å². The fourth-order valence-corrected chi connectivity index (χ4v) is 4.75. The van der Waals surface area contributed by atoms with E-state index in [1.165, 1.54) is 4.31 Å². The zero-order valence-electron chi connectivity index (χ0n) is 16.5. The van der Waals surface area contributed by atoms with Gasteiger partial charge in [0.05, 0.1) is 4.90 Å². The number of aryl methyl sites for hydroxylation is 2. The Bertz CT molecular complexity index is 949. The number of carbonyl (C=O) groups excluding carboxylic acids is 1. The van der Waals surface area contributed by atoms with E-state index in [2.05, 4.69) is 10.6 Å². The van der Waals surface area contributed by atoms with Gasteiger partial charge in [0.2, 0.25) is 15.9 Å². The van der Waals surface area contributed by atoms with Crippen LogP contribution in [0.25, 0.3) is 0 Å². The van der Waals surface area contributed by atoms with Gasteiger partial charge in [-0.1, -0.05) is 12.1 Å². The van der Waals surface area contributed by atoms with Crippen LogP contribution in [-0.4, -0.2) is 37.8 Å². The monoisotopic (exact) mass is 401 g/mol. The maximum Gasteiger partial charge on any atom is 0.246 e. The zero-order chi connectivity index (χ0) is 20.3. The molecule has 6 nitrogen and oxygen atoms in total. The van der Waals surface area contributed by atoms with Crippen molar-refractivity contribution < 1.29 is 13.2 Å². The van der Waals surface area contributed by atoms with Crippen LogP contribution >= 0.6 is 0 Å². The summed E-state index contributed by atoms with van der Waals surface area (Å²) >= 11 is 0. The lowest BCUT2D eigenvalue weighted by molar-refractivity contribution is -0.116. The van der Waals surface area contributed by atoms with E-state index in [1.807, 2.05) is 32.0 Å². The van der Waals surface area contributed by atoms with Gasteiger partial charge in [-0.15, -0.1) is 0 Å². The molecule has 7 heteroatoms. The third kappa shape index (κ3) is 4.54. The molecule has 2 aromatic rings. The van der Waals surface area contributed by atoms with E-state index in [0.717, 1.165) is 29.7 Å². The van der Waals surface area contributed by atoms with Crippen molar-refractivity contribution in [1.82, 2.24) is 4.31 Å². The summed E-state index contributed by atoms with van der Waals surface area (Å²) in [7, 11) is -3.44. The lowest BCUT2D eigenvalue weighted by atomic mass is 10.1. The number of carbonyl (C=O) groups is 1. The summed E-state index contributed by atoms with van der Waals surface area (Å²) in [5.74, 6) is -0.184. The Kier molecular flexibility index (Phi) is 6.05. The largest absolute Gasteiger partial charge is 0.374 e. The number of amides is 1. The number of nitrogens with one attached hydrogen (secondary N) is 2. The summed E-state index contributed by atoms with van der Waals surface area (Å²) in [6.45, 7) is 6.94. The van der Waals surface area contributed by atoms with Gasteiger partial charge >= 0.3 is 0 Å². The highest BCUT2D eigenvalue weighted by atomic mass is 32.2. The smallest absolute Gasteiger partial charge is 0.246 e. The molecular weight excluding hydrogens is 374 g/mol. The molecule has 0 spiro atoms. The molecule has 1 aliphatic heterocycles. The van der Waals surface area contributed by atoms with Crippen LogP contribution in [0.5, 0.6) is 0 Å². The SMILES string of the molecule is Cc1ccc(C)c(N[C@H](C)C(=O)Nc2ccc(S(=O)(=O)N3CCCC3)cc2)c1. The molecule has 0 aromatic heterocycles. The average Bonchev–Trinajstić information content (AvgIpc) is 3.21. The first-order valence-corrected chi connectivity index (χ1v) is 11.0. The van der Waals surface area contributed by atoms with Gasteiger partial charge in [0.25, 0.3) is 0 Å². The Morgan fingerprint density at radius 1 is 1.04 bits per heavy atom. The van der Waals surface area contributed by atoms with Crippen molar-refractivity contribution in [2.75, 3.05) is 23.7 Å². The fraction of sp³-hybridized carbons (Fsp3) is 0.381. The second-order valence-corrected chi connectivity index (χ2v) is 9.25. The zero-order valence-corrected chi connectivity index (χ0v) is 17.3. The lowest BCUT2D eigenvalue weighted by Gasteiger charge is -2.18. The van der Waals surface area contributed by atoms with Crippen molar-refractivity contribution in [2.24, 2.45) is 0 Å². The van der Waals surface area contributed by atoms with Gasteiger partial charge in [-0.3, -0.25) is 4.79 Å². The third-order valence-corrected chi connectivity index (χ3v) is 6.90. The van der Waals surface area contributed by atoms with E-state index in [1.54, 1.807) is 31.2 Å². The summed E-state index contributed by atoms with van der Waals surface area (Å²) < 4.78 is 26.6. The van der Waals surface area contributed by atoms with Crippen molar-refractivity contribution in [3.05, 3.63) is 53.6 Å². The van der Waals surface area contributed by atoms with Crippen LogP contribution in [0.3, 0.4) is 0 Å². The first kappa shape index (κ1) is 20.4. The van der Waals surface area contributed by atoms with E-state index >= 15 is 0 Å². The Morgan fingerprint density at radius 3 is 2.32 bits per heavy atom. The minimum atomic E-state index is -3.44. The Labute approximate surface area is 167 Å². The van der Waals surface area contributed by atoms with Gasteiger partial charge in [0.15, 0.2) is 0 Å². The minimum Gasteiger partial charge on any atom is -0.374 e. The second kappa shape index (κ2) is 8.32. The number of anilines is 2. The van der Waals surface area contributed by atoms with Gasteiger partial charge in [0, 0.05) is 24.5 Å². The molecule has 0 radical (unpaired) electrons. The van der Waals surface area contributed by atoms with Crippen molar-refractivity contribution in [3.8, 4) is 0 Å². The molecule has 0 bridgehead atoms. The van der Waals surface area contributed by atoms with Crippen LogP contribution < -0.4 is 10.6 Å². The van der Waals surface area contributed by atoms with E-state index in [4.69, 9.17) is 0 Å². The van der Waals surface area contributed by atoms with E-state index < -0.39 is 16.1 Å². The van der Waals surface area contributed by atoms with Crippen molar-refractivity contribution in [1.29, 1.82) is 0 Å². The van der Waals surface area contributed by atoms with Gasteiger partial charge in [0.1, 0.15) is 6.04 Å². The standard InChI is InChI=1S/C21H27N3O3S/c1-15-6-7-16(2)20(14-15)22-17(3)21(25)23-18-8-10-19(11-9-18)28(26,27)24-12-4-5-13-24/h6-11,14,17,22H,4-5,12-13H2,1-3H3,(H,23,25)/t17-/m1/s1.